The molecule has 0 aromatic heterocycles. The summed E-state index contributed by atoms with van der Waals surface area (Å²) < 4.78 is 0. The van der Waals surface area contributed by atoms with Gasteiger partial charge in [-0.3, -0.25) is 0 Å². The van der Waals surface area contributed by atoms with Crippen LogP contribution in [0.4, 0.5) is 0 Å². The van der Waals surface area contributed by atoms with Crippen LogP contribution in [0.3, 0.4) is 0 Å². The number of aliphatic hydroxyl groups is 1. The van der Waals surface area contributed by atoms with Gasteiger partial charge < -0.3 is 10.4 Å². The van der Waals surface area contributed by atoms with E-state index in [4.69, 9.17) is 5.11 Å². The van der Waals surface area contributed by atoms with Crippen molar-refractivity contribution < 1.29 is 5.11 Å². The SMILES string of the molecule is CNCC1CCCC1CO. The maximum atomic E-state index is 8.94. The van der Waals surface area contributed by atoms with Crippen molar-refractivity contribution in [1.82, 2.24) is 5.32 Å². The highest BCUT2D eigenvalue weighted by atomic mass is 16.3. The minimum absolute atomic E-state index is 0.381. The standard InChI is InChI=1S/C8H17NO/c1-9-5-7-3-2-4-8(7)6-10/h7-10H,2-6H2,1H3. The lowest BCUT2D eigenvalue weighted by atomic mass is 9.97. The van der Waals surface area contributed by atoms with E-state index in [9.17, 15) is 0 Å². The van der Waals surface area contributed by atoms with Gasteiger partial charge in [-0.25, -0.2) is 0 Å². The van der Waals surface area contributed by atoms with Crippen LogP contribution in [0.1, 0.15) is 19.3 Å². The Balaban J connectivity index is 2.27. The molecule has 0 radical (unpaired) electrons. The molecule has 1 rings (SSSR count). The van der Waals surface area contributed by atoms with E-state index in [1.54, 1.807) is 0 Å². The molecular formula is C8H17NO. The summed E-state index contributed by atoms with van der Waals surface area (Å²) in [5.74, 6) is 1.31. The molecule has 0 amide bonds. The van der Waals surface area contributed by atoms with E-state index in [1.807, 2.05) is 7.05 Å². The second kappa shape index (κ2) is 3.94. The molecule has 1 aliphatic carbocycles. The smallest absolute Gasteiger partial charge is 0.0462 e. The molecule has 0 aliphatic heterocycles. The highest BCUT2D eigenvalue weighted by Crippen LogP contribution is 2.30. The van der Waals surface area contributed by atoms with E-state index in [1.165, 1.54) is 19.3 Å². The Morgan fingerprint density at radius 2 is 2.10 bits per heavy atom. The van der Waals surface area contributed by atoms with Gasteiger partial charge >= 0.3 is 0 Å². The Labute approximate surface area is 62.6 Å². The number of hydrogen-bond donors (Lipinski definition) is 2. The molecule has 60 valence electrons. The van der Waals surface area contributed by atoms with E-state index in [0.717, 1.165) is 12.5 Å². The molecule has 1 aliphatic rings. The Kier molecular flexibility index (Phi) is 3.16. The van der Waals surface area contributed by atoms with Gasteiger partial charge in [-0.05, 0) is 38.3 Å². The minimum Gasteiger partial charge on any atom is -0.396 e. The molecule has 0 bridgehead atoms. The molecule has 2 nitrogen and oxygen atoms in total. The number of nitrogens with one attached hydrogen (secondary N) is 1. The molecule has 10 heavy (non-hydrogen) atoms. The third-order valence-electron chi connectivity index (χ3n) is 2.52. The van der Waals surface area contributed by atoms with Gasteiger partial charge in [0.1, 0.15) is 0 Å². The van der Waals surface area contributed by atoms with Crippen LogP contribution in [0.5, 0.6) is 0 Å². The molecule has 0 saturated heterocycles. The van der Waals surface area contributed by atoms with Crippen molar-refractivity contribution in [3.63, 3.8) is 0 Å². The van der Waals surface area contributed by atoms with Gasteiger partial charge in [-0.2, -0.15) is 0 Å². The van der Waals surface area contributed by atoms with Gasteiger partial charge in [0.2, 0.25) is 0 Å². The second-order valence-electron chi connectivity index (χ2n) is 3.19. The molecule has 1 fully saturated rings. The average Bonchev–Trinajstić information content (AvgIpc) is 2.36. The first kappa shape index (κ1) is 8.02. The summed E-state index contributed by atoms with van der Waals surface area (Å²) in [6.45, 7) is 1.46. The maximum Gasteiger partial charge on any atom is 0.0462 e. The van der Waals surface area contributed by atoms with Crippen LogP contribution in [0.2, 0.25) is 0 Å². The lowest BCUT2D eigenvalue weighted by Gasteiger charge is -2.15. The molecule has 1 saturated carbocycles. The third kappa shape index (κ3) is 1.70. The van der Waals surface area contributed by atoms with Gasteiger partial charge in [0.25, 0.3) is 0 Å². The fourth-order valence-electron chi connectivity index (χ4n) is 1.88. The zero-order valence-electron chi connectivity index (χ0n) is 6.64. The lowest BCUT2D eigenvalue weighted by Crippen LogP contribution is -2.23. The zero-order chi connectivity index (χ0) is 7.40. The van der Waals surface area contributed by atoms with E-state index in [-0.39, 0.29) is 0 Å². The van der Waals surface area contributed by atoms with E-state index < -0.39 is 0 Å². The van der Waals surface area contributed by atoms with Gasteiger partial charge in [0.15, 0.2) is 0 Å². The lowest BCUT2D eigenvalue weighted by molar-refractivity contribution is 0.193. The average molecular weight is 143 g/mol. The van der Waals surface area contributed by atoms with Crippen LogP contribution >= 0.6 is 0 Å². The number of aliphatic hydroxyl groups excluding tert-OH is 1. The molecule has 0 aromatic carbocycles. The highest BCUT2D eigenvalue weighted by Gasteiger charge is 2.25. The quantitative estimate of drug-likeness (QED) is 0.607. The first-order valence-electron chi connectivity index (χ1n) is 4.14. The fraction of sp³-hybridized carbons (Fsp3) is 1.00. The van der Waals surface area contributed by atoms with Crippen LogP contribution in [-0.2, 0) is 0 Å². The second-order valence-corrected chi connectivity index (χ2v) is 3.19. The molecule has 0 aromatic rings. The third-order valence-corrected chi connectivity index (χ3v) is 2.52. The molecule has 0 heterocycles. The first-order valence-corrected chi connectivity index (χ1v) is 4.14. The minimum atomic E-state index is 0.381. The molecule has 2 N–H and O–H groups in total. The summed E-state index contributed by atoms with van der Waals surface area (Å²) in [6, 6.07) is 0. The van der Waals surface area contributed by atoms with Crippen molar-refractivity contribution in [2.24, 2.45) is 11.8 Å². The Morgan fingerprint density at radius 3 is 2.70 bits per heavy atom. The summed E-state index contributed by atoms with van der Waals surface area (Å²) in [7, 11) is 1.98. The first-order chi connectivity index (χ1) is 4.88. The monoisotopic (exact) mass is 143 g/mol. The van der Waals surface area contributed by atoms with Crippen molar-refractivity contribution in [2.75, 3.05) is 20.2 Å². The van der Waals surface area contributed by atoms with Gasteiger partial charge in [0.05, 0.1) is 0 Å². The highest BCUT2D eigenvalue weighted by molar-refractivity contribution is 4.77. The van der Waals surface area contributed by atoms with Crippen molar-refractivity contribution in [2.45, 2.75) is 19.3 Å². The Morgan fingerprint density at radius 1 is 1.40 bits per heavy atom. The largest absolute Gasteiger partial charge is 0.396 e. The van der Waals surface area contributed by atoms with E-state index in [0.29, 0.717) is 12.5 Å². The Hall–Kier alpha value is -0.0800. The van der Waals surface area contributed by atoms with Gasteiger partial charge in [-0.1, -0.05) is 6.42 Å². The summed E-state index contributed by atoms with van der Waals surface area (Å²) in [5, 5.41) is 12.1. The molecule has 0 spiro atoms. The van der Waals surface area contributed by atoms with Crippen LogP contribution in [-0.4, -0.2) is 25.3 Å². The topological polar surface area (TPSA) is 32.3 Å². The van der Waals surface area contributed by atoms with Crippen molar-refractivity contribution in [1.29, 1.82) is 0 Å². The van der Waals surface area contributed by atoms with Gasteiger partial charge in [0, 0.05) is 6.61 Å². The predicted molar refractivity (Wildman–Crippen MR) is 41.8 cm³/mol. The summed E-state index contributed by atoms with van der Waals surface area (Å²) in [6.07, 6.45) is 3.83. The van der Waals surface area contributed by atoms with Crippen LogP contribution in [0.15, 0.2) is 0 Å². The van der Waals surface area contributed by atoms with Crippen molar-refractivity contribution in [3.8, 4) is 0 Å². The summed E-state index contributed by atoms with van der Waals surface area (Å²) >= 11 is 0. The summed E-state index contributed by atoms with van der Waals surface area (Å²) in [4.78, 5) is 0. The normalized spacial score (nSPS) is 33.0. The van der Waals surface area contributed by atoms with Gasteiger partial charge in [-0.15, -0.1) is 0 Å². The predicted octanol–water partition coefficient (Wildman–Crippen LogP) is 0.614. The fourth-order valence-corrected chi connectivity index (χ4v) is 1.88. The Bertz CT molecular complexity index is 95.3. The molecule has 2 atom stereocenters. The summed E-state index contributed by atoms with van der Waals surface area (Å²) in [5.41, 5.74) is 0. The van der Waals surface area contributed by atoms with Crippen molar-refractivity contribution in [3.05, 3.63) is 0 Å². The molecular weight excluding hydrogens is 126 g/mol. The zero-order valence-corrected chi connectivity index (χ0v) is 6.64. The van der Waals surface area contributed by atoms with Crippen LogP contribution in [0.25, 0.3) is 0 Å². The number of hydrogen-bond acceptors (Lipinski definition) is 2. The van der Waals surface area contributed by atoms with Crippen molar-refractivity contribution >= 4 is 0 Å². The van der Waals surface area contributed by atoms with Crippen LogP contribution < -0.4 is 5.32 Å². The number of rotatable bonds is 3. The van der Waals surface area contributed by atoms with Crippen LogP contribution in [0, 0.1) is 11.8 Å². The van der Waals surface area contributed by atoms with E-state index >= 15 is 0 Å². The van der Waals surface area contributed by atoms with E-state index in [2.05, 4.69) is 5.32 Å². The maximum absolute atomic E-state index is 8.94. The molecule has 2 heteroatoms. The molecule has 2 unspecified atom stereocenters.